The fourth-order valence-electron chi connectivity index (χ4n) is 4.10. The van der Waals surface area contributed by atoms with Crippen LogP contribution in [0.25, 0.3) is 0 Å². The van der Waals surface area contributed by atoms with Gasteiger partial charge in [0.15, 0.2) is 0 Å². The van der Waals surface area contributed by atoms with Crippen LogP contribution in [0.3, 0.4) is 0 Å². The second-order valence-electron chi connectivity index (χ2n) is 6.61. The molecule has 1 nitrogen and oxygen atoms in total. The van der Waals surface area contributed by atoms with E-state index in [9.17, 15) is 0 Å². The van der Waals surface area contributed by atoms with Gasteiger partial charge >= 0.3 is 0 Å². The Kier molecular flexibility index (Phi) is 4.00. The van der Waals surface area contributed by atoms with E-state index in [4.69, 9.17) is 0 Å². The molecule has 0 radical (unpaired) electrons. The minimum Gasteiger partial charge on any atom is -0.316 e. The molecule has 104 valence electrons. The molecule has 1 aromatic carbocycles. The highest BCUT2D eigenvalue weighted by molar-refractivity contribution is 9.10. The number of hydrogen-bond acceptors (Lipinski definition) is 1. The van der Waals surface area contributed by atoms with Gasteiger partial charge in [0.05, 0.1) is 0 Å². The minimum absolute atomic E-state index is 0.568. The minimum atomic E-state index is 0.568. The van der Waals surface area contributed by atoms with Gasteiger partial charge < -0.3 is 5.32 Å². The molecule has 0 aromatic heterocycles. The zero-order valence-electron chi connectivity index (χ0n) is 11.8. The molecule has 3 rings (SSSR count). The largest absolute Gasteiger partial charge is 0.316 e. The Hall–Kier alpha value is -0.340. The first-order valence-corrected chi connectivity index (χ1v) is 8.45. The topological polar surface area (TPSA) is 12.0 Å². The Morgan fingerprint density at radius 3 is 2.74 bits per heavy atom. The molecule has 1 heterocycles. The van der Waals surface area contributed by atoms with Crippen molar-refractivity contribution in [2.75, 3.05) is 13.1 Å². The maximum absolute atomic E-state index is 3.63. The van der Waals surface area contributed by atoms with Crippen molar-refractivity contribution in [1.29, 1.82) is 0 Å². The normalized spacial score (nSPS) is 35.5. The quantitative estimate of drug-likeness (QED) is 0.789. The lowest BCUT2D eigenvalue weighted by Gasteiger charge is -2.48. The number of halogens is 1. The predicted octanol–water partition coefficient (Wildman–Crippen LogP) is 4.72. The SMILES string of the molecule is CC1CCC2(CCNCC2c2cccc(Br)c2)CC1. The van der Waals surface area contributed by atoms with Crippen molar-refractivity contribution in [2.45, 2.75) is 44.9 Å². The summed E-state index contributed by atoms with van der Waals surface area (Å²) in [5.74, 6) is 1.63. The molecule has 0 amide bonds. The molecule has 1 N–H and O–H groups in total. The van der Waals surface area contributed by atoms with Gasteiger partial charge in [-0.15, -0.1) is 0 Å². The van der Waals surface area contributed by atoms with Gasteiger partial charge in [-0.25, -0.2) is 0 Å². The lowest BCUT2D eigenvalue weighted by Crippen LogP contribution is -2.45. The van der Waals surface area contributed by atoms with E-state index < -0.39 is 0 Å². The van der Waals surface area contributed by atoms with Gasteiger partial charge in [0.25, 0.3) is 0 Å². The maximum atomic E-state index is 3.63. The van der Waals surface area contributed by atoms with E-state index in [0.717, 1.165) is 12.5 Å². The van der Waals surface area contributed by atoms with Crippen molar-refractivity contribution in [3.8, 4) is 0 Å². The van der Waals surface area contributed by atoms with Crippen LogP contribution < -0.4 is 5.32 Å². The highest BCUT2D eigenvalue weighted by atomic mass is 79.9. The van der Waals surface area contributed by atoms with Crippen molar-refractivity contribution in [3.63, 3.8) is 0 Å². The maximum Gasteiger partial charge on any atom is 0.0178 e. The molecular weight excluding hydrogens is 298 g/mol. The van der Waals surface area contributed by atoms with Crippen molar-refractivity contribution in [2.24, 2.45) is 11.3 Å². The van der Waals surface area contributed by atoms with Gasteiger partial charge in [0, 0.05) is 16.9 Å². The Bertz CT molecular complexity index is 435. The van der Waals surface area contributed by atoms with Crippen LogP contribution in [-0.4, -0.2) is 13.1 Å². The van der Waals surface area contributed by atoms with E-state index in [2.05, 4.69) is 52.4 Å². The summed E-state index contributed by atoms with van der Waals surface area (Å²) in [7, 11) is 0. The van der Waals surface area contributed by atoms with Gasteiger partial charge in [-0.2, -0.15) is 0 Å². The third-order valence-corrected chi connectivity index (χ3v) is 5.90. The van der Waals surface area contributed by atoms with E-state index in [1.807, 2.05) is 0 Å². The van der Waals surface area contributed by atoms with Crippen LogP contribution in [0.2, 0.25) is 0 Å². The van der Waals surface area contributed by atoms with E-state index in [0.29, 0.717) is 11.3 Å². The molecule has 1 saturated carbocycles. The highest BCUT2D eigenvalue weighted by Crippen LogP contribution is 2.52. The average Bonchev–Trinajstić information content (AvgIpc) is 2.43. The Balaban J connectivity index is 1.89. The van der Waals surface area contributed by atoms with E-state index in [-0.39, 0.29) is 0 Å². The molecule has 1 aliphatic carbocycles. The fourth-order valence-corrected chi connectivity index (χ4v) is 4.52. The van der Waals surface area contributed by atoms with Gasteiger partial charge in [-0.1, -0.05) is 47.8 Å². The van der Waals surface area contributed by atoms with Crippen molar-refractivity contribution in [1.82, 2.24) is 5.32 Å². The van der Waals surface area contributed by atoms with E-state index in [1.54, 1.807) is 0 Å². The molecule has 1 aromatic rings. The summed E-state index contributed by atoms with van der Waals surface area (Å²) in [6, 6.07) is 8.97. The number of piperidine rings is 1. The molecular formula is C17H24BrN. The summed E-state index contributed by atoms with van der Waals surface area (Å²) >= 11 is 3.63. The number of nitrogens with one attached hydrogen (secondary N) is 1. The van der Waals surface area contributed by atoms with E-state index in [1.165, 1.54) is 48.7 Å². The van der Waals surface area contributed by atoms with Gasteiger partial charge in [-0.05, 0) is 54.8 Å². The molecule has 1 atom stereocenters. The van der Waals surface area contributed by atoms with Crippen LogP contribution in [0, 0.1) is 11.3 Å². The first kappa shape index (κ1) is 13.6. The summed E-state index contributed by atoms with van der Waals surface area (Å²) in [6.07, 6.45) is 7.05. The lowest BCUT2D eigenvalue weighted by atomic mass is 9.59. The predicted molar refractivity (Wildman–Crippen MR) is 84.4 cm³/mol. The van der Waals surface area contributed by atoms with Crippen molar-refractivity contribution < 1.29 is 0 Å². The Morgan fingerprint density at radius 1 is 1.21 bits per heavy atom. The standard InChI is InChI=1S/C17H24BrN/c1-13-5-7-17(8-6-13)9-10-19-12-16(17)14-3-2-4-15(18)11-14/h2-4,11,13,16,19H,5-10,12H2,1H3. The lowest BCUT2D eigenvalue weighted by molar-refractivity contribution is 0.0834. The third-order valence-electron chi connectivity index (χ3n) is 5.41. The Morgan fingerprint density at radius 2 is 2.00 bits per heavy atom. The van der Waals surface area contributed by atoms with Crippen molar-refractivity contribution in [3.05, 3.63) is 34.3 Å². The molecule has 2 fully saturated rings. The second-order valence-corrected chi connectivity index (χ2v) is 7.52. The van der Waals surface area contributed by atoms with Crippen LogP contribution in [-0.2, 0) is 0 Å². The van der Waals surface area contributed by atoms with Crippen LogP contribution in [0.5, 0.6) is 0 Å². The zero-order chi connectivity index (χ0) is 13.3. The summed E-state index contributed by atoms with van der Waals surface area (Å²) < 4.78 is 1.22. The fraction of sp³-hybridized carbons (Fsp3) is 0.647. The Labute approximate surface area is 125 Å². The third kappa shape index (κ3) is 2.75. The number of benzene rings is 1. The summed E-state index contributed by atoms with van der Waals surface area (Å²) in [6.45, 7) is 4.78. The molecule has 19 heavy (non-hydrogen) atoms. The molecule has 2 heteroatoms. The highest BCUT2D eigenvalue weighted by Gasteiger charge is 2.43. The van der Waals surface area contributed by atoms with Crippen LogP contribution in [0.1, 0.15) is 50.5 Å². The summed E-state index contributed by atoms with van der Waals surface area (Å²) in [5.41, 5.74) is 2.09. The smallest absolute Gasteiger partial charge is 0.0178 e. The molecule has 1 aliphatic heterocycles. The number of hydrogen-bond donors (Lipinski definition) is 1. The first-order chi connectivity index (χ1) is 9.20. The van der Waals surface area contributed by atoms with Gasteiger partial charge in [-0.3, -0.25) is 0 Å². The second kappa shape index (κ2) is 5.57. The summed E-state index contributed by atoms with van der Waals surface area (Å²) in [5, 5.41) is 3.62. The molecule has 2 aliphatic rings. The van der Waals surface area contributed by atoms with Gasteiger partial charge in [0.1, 0.15) is 0 Å². The number of rotatable bonds is 1. The van der Waals surface area contributed by atoms with E-state index >= 15 is 0 Å². The molecule has 1 unspecified atom stereocenters. The molecule has 0 bridgehead atoms. The first-order valence-electron chi connectivity index (χ1n) is 7.66. The molecule has 1 spiro atoms. The van der Waals surface area contributed by atoms with Crippen LogP contribution in [0.15, 0.2) is 28.7 Å². The van der Waals surface area contributed by atoms with Crippen LogP contribution in [0.4, 0.5) is 0 Å². The summed E-state index contributed by atoms with van der Waals surface area (Å²) in [4.78, 5) is 0. The average molecular weight is 322 g/mol. The van der Waals surface area contributed by atoms with Crippen LogP contribution >= 0.6 is 15.9 Å². The van der Waals surface area contributed by atoms with Crippen molar-refractivity contribution >= 4 is 15.9 Å². The molecule has 1 saturated heterocycles. The van der Waals surface area contributed by atoms with Gasteiger partial charge in [0.2, 0.25) is 0 Å². The zero-order valence-corrected chi connectivity index (χ0v) is 13.4. The monoisotopic (exact) mass is 321 g/mol.